The van der Waals surface area contributed by atoms with Crippen molar-refractivity contribution in [3.05, 3.63) is 128 Å². The van der Waals surface area contributed by atoms with Crippen LogP contribution in [0, 0.1) is 13.8 Å². The number of Topliss-reactive ketones (excluding diaryl/α,β-unsaturated/α-hetero) is 1. The average Bonchev–Trinajstić information content (AvgIpc) is 3.91. The van der Waals surface area contributed by atoms with Gasteiger partial charge >= 0.3 is 0 Å². The van der Waals surface area contributed by atoms with E-state index in [1.54, 1.807) is 60.7 Å². The Labute approximate surface area is 425 Å². The standard InChI is InChI=1S/C51H52Cl4N8O5S/c1-4-43(68-44-24-19-30(2)25-31(44)3)50(66)58-39-15-13-14-17-45(39)69-48-49(61-63(51(48)67)47-36(54)27-33(52)28-37(47)55)57-40-29-34(21-22-35(40)53)56-46(65)18-12-10-8-6-5-7-9-11-16-42(64)32-20-23-38-41(26-32)60-62-59-38/h13-15,17,19-29,43,48H,4-12,16,18H2,1-3H3,(H,56,65)(H,57,61)(H,58,66)(H,59,60,62). The van der Waals surface area contributed by atoms with Crippen molar-refractivity contribution >= 4 is 121 Å². The smallest absolute Gasteiger partial charge is 0.267 e. The molecule has 13 nitrogen and oxygen atoms in total. The molecule has 3 amide bonds. The number of para-hydroxylation sites is 1. The molecule has 18 heteroatoms. The Hall–Kier alpha value is -5.64. The number of benzene rings is 5. The molecule has 1 aliphatic heterocycles. The quantitative estimate of drug-likeness (QED) is 0.0382. The number of carbonyl (C=O) groups excluding carboxylic acids is 4. The zero-order chi connectivity index (χ0) is 49.0. The van der Waals surface area contributed by atoms with Gasteiger partial charge in [-0.3, -0.25) is 24.6 Å². The normalized spacial score (nSPS) is 14.5. The van der Waals surface area contributed by atoms with Gasteiger partial charge in [0.25, 0.3) is 11.8 Å². The number of H-pyrrole nitrogens is 1. The number of aromatic amines is 1. The lowest BCUT2D eigenvalue weighted by Crippen LogP contribution is -2.36. The maximum atomic E-state index is 14.5. The van der Waals surface area contributed by atoms with Crippen LogP contribution in [0.5, 0.6) is 5.75 Å². The van der Waals surface area contributed by atoms with Gasteiger partial charge in [-0.1, -0.05) is 122 Å². The highest BCUT2D eigenvalue weighted by Crippen LogP contribution is 2.41. The molecule has 0 bridgehead atoms. The zero-order valence-electron chi connectivity index (χ0n) is 38.3. The monoisotopic (exact) mass is 1030 g/mol. The second-order valence-corrected chi connectivity index (χ2v) is 19.6. The summed E-state index contributed by atoms with van der Waals surface area (Å²) in [5.41, 5.74) is 8.61. The molecular formula is C51H52Cl4N8O5S. The number of thioether (sulfide) groups is 1. The molecule has 2 unspecified atom stereocenters. The van der Waals surface area contributed by atoms with Gasteiger partial charge in [0.15, 0.2) is 11.9 Å². The number of aryl methyl sites for hydroxylation is 2. The van der Waals surface area contributed by atoms with Crippen LogP contribution in [0.15, 0.2) is 101 Å². The van der Waals surface area contributed by atoms with Gasteiger partial charge in [0.1, 0.15) is 33.6 Å². The summed E-state index contributed by atoms with van der Waals surface area (Å²) < 4.78 is 6.17. The molecule has 1 aliphatic rings. The summed E-state index contributed by atoms with van der Waals surface area (Å²) in [5.74, 6) is -0.0247. The molecule has 69 heavy (non-hydrogen) atoms. The Morgan fingerprint density at radius 3 is 2.20 bits per heavy atom. The fourth-order valence-corrected chi connectivity index (χ4v) is 10.0. The molecule has 2 heterocycles. The van der Waals surface area contributed by atoms with Crippen LogP contribution in [-0.4, -0.2) is 56.1 Å². The summed E-state index contributed by atoms with van der Waals surface area (Å²) in [6.45, 7) is 5.80. The third-order valence-corrected chi connectivity index (χ3v) is 13.8. The molecule has 0 saturated carbocycles. The van der Waals surface area contributed by atoms with Crippen molar-refractivity contribution in [3.63, 3.8) is 0 Å². The van der Waals surface area contributed by atoms with Crippen molar-refractivity contribution in [2.24, 2.45) is 4.99 Å². The summed E-state index contributed by atoms with van der Waals surface area (Å²) >= 11 is 27.4. The molecule has 0 aliphatic carbocycles. The van der Waals surface area contributed by atoms with Crippen molar-refractivity contribution < 1.29 is 23.9 Å². The van der Waals surface area contributed by atoms with E-state index in [2.05, 4.69) is 31.5 Å². The molecule has 0 spiro atoms. The number of rotatable bonds is 22. The molecule has 2 atom stereocenters. The third-order valence-electron chi connectivity index (χ3n) is 11.4. The van der Waals surface area contributed by atoms with E-state index in [4.69, 9.17) is 56.1 Å². The molecular weight excluding hydrogens is 978 g/mol. The Kier molecular flexibility index (Phi) is 18.0. The molecule has 4 N–H and O–H groups in total. The number of halogens is 4. The van der Waals surface area contributed by atoms with E-state index in [9.17, 15) is 19.2 Å². The first-order chi connectivity index (χ1) is 33.3. The van der Waals surface area contributed by atoms with Crippen LogP contribution in [0.25, 0.3) is 11.0 Å². The second kappa shape index (κ2) is 24.3. The van der Waals surface area contributed by atoms with Gasteiger partial charge in [-0.2, -0.15) is 15.4 Å². The topological polar surface area (TPSA) is 171 Å². The lowest BCUT2D eigenvalue weighted by Gasteiger charge is -2.20. The first-order valence-corrected chi connectivity index (χ1v) is 25.2. The largest absolute Gasteiger partial charge is 0.480 e. The Bertz CT molecular complexity index is 2850. The van der Waals surface area contributed by atoms with Crippen molar-refractivity contribution in [1.82, 2.24) is 20.8 Å². The van der Waals surface area contributed by atoms with Crippen LogP contribution >= 0.6 is 58.2 Å². The summed E-state index contributed by atoms with van der Waals surface area (Å²) in [6, 6.07) is 26.2. The number of aliphatic imine (C=N–C) groups is 1. The Balaban J connectivity index is 0.962. The zero-order valence-corrected chi connectivity index (χ0v) is 42.2. The minimum atomic E-state index is -1.01. The van der Waals surface area contributed by atoms with Crippen LogP contribution in [0.3, 0.4) is 0 Å². The van der Waals surface area contributed by atoms with Gasteiger partial charge in [-0.15, -0.1) is 11.8 Å². The molecule has 5 aromatic carbocycles. The number of carbonyl (C=O) groups is 4. The highest BCUT2D eigenvalue weighted by molar-refractivity contribution is 8.01. The van der Waals surface area contributed by atoms with Gasteiger partial charge in [-0.25, -0.2) is 10.0 Å². The number of ketones is 1. The highest BCUT2D eigenvalue weighted by Gasteiger charge is 2.41. The lowest BCUT2D eigenvalue weighted by atomic mass is 10.0. The fourth-order valence-electron chi connectivity index (χ4n) is 7.81. The molecule has 1 fully saturated rings. The van der Waals surface area contributed by atoms with E-state index < -0.39 is 17.3 Å². The van der Waals surface area contributed by atoms with Gasteiger partial charge in [0, 0.05) is 34.0 Å². The highest BCUT2D eigenvalue weighted by atomic mass is 35.5. The average molecular weight is 1030 g/mol. The summed E-state index contributed by atoms with van der Waals surface area (Å²) in [5, 5.41) is 17.7. The van der Waals surface area contributed by atoms with E-state index in [0.717, 1.165) is 79.8 Å². The number of anilines is 3. The fraction of sp³-hybridized carbons (Fsp3) is 0.314. The molecule has 6 aromatic rings. The van der Waals surface area contributed by atoms with Gasteiger partial charge in [0.05, 0.1) is 26.4 Å². The van der Waals surface area contributed by atoms with Crippen molar-refractivity contribution in [2.45, 2.75) is 108 Å². The first-order valence-electron chi connectivity index (χ1n) is 22.8. The molecule has 1 saturated heterocycles. The number of nitrogens with zero attached hydrogens (tertiary/aromatic N) is 4. The van der Waals surface area contributed by atoms with Crippen LogP contribution in [0.1, 0.15) is 99.0 Å². The molecule has 360 valence electrons. The molecule has 0 radical (unpaired) electrons. The number of aromatic nitrogens is 3. The van der Waals surface area contributed by atoms with Crippen molar-refractivity contribution in [3.8, 4) is 5.75 Å². The Morgan fingerprint density at radius 2 is 1.48 bits per heavy atom. The number of hydrazine groups is 1. The van der Waals surface area contributed by atoms with Crippen molar-refractivity contribution in [2.75, 3.05) is 15.6 Å². The summed E-state index contributed by atoms with van der Waals surface area (Å²) in [6.07, 6.45) is 8.15. The van der Waals surface area contributed by atoms with Crippen molar-refractivity contribution in [1.29, 1.82) is 0 Å². The number of amides is 3. The lowest BCUT2D eigenvalue weighted by molar-refractivity contribution is -0.123. The van der Waals surface area contributed by atoms with Crippen LogP contribution in [0.4, 0.5) is 22.7 Å². The summed E-state index contributed by atoms with van der Waals surface area (Å²) in [4.78, 5) is 59.3. The van der Waals surface area contributed by atoms with Gasteiger partial charge in [-0.05, 0) is 105 Å². The third kappa shape index (κ3) is 13.6. The van der Waals surface area contributed by atoms with E-state index in [1.807, 2.05) is 39.0 Å². The minimum absolute atomic E-state index is 0.119. The molecule has 1 aromatic heterocycles. The predicted octanol–water partition coefficient (Wildman–Crippen LogP) is 13.4. The Morgan fingerprint density at radius 1 is 0.783 bits per heavy atom. The second-order valence-electron chi connectivity index (χ2n) is 16.8. The maximum Gasteiger partial charge on any atom is 0.267 e. The number of fused-ring (bicyclic) bond motifs is 1. The van der Waals surface area contributed by atoms with Crippen LogP contribution in [0.2, 0.25) is 20.1 Å². The number of nitrogens with one attached hydrogen (secondary N) is 4. The van der Waals surface area contributed by atoms with Gasteiger partial charge < -0.3 is 15.4 Å². The number of unbranched alkanes of at least 4 members (excludes halogenated alkanes) is 7. The van der Waals surface area contributed by atoms with Crippen LogP contribution in [-0.2, 0) is 14.4 Å². The number of hydrogen-bond acceptors (Lipinski definition) is 9. The van der Waals surface area contributed by atoms with E-state index >= 15 is 0 Å². The van der Waals surface area contributed by atoms with E-state index in [1.165, 1.54) is 17.1 Å². The summed E-state index contributed by atoms with van der Waals surface area (Å²) in [7, 11) is 0. The van der Waals surface area contributed by atoms with Gasteiger partial charge in [0.2, 0.25) is 5.91 Å². The maximum absolute atomic E-state index is 14.5. The van der Waals surface area contributed by atoms with Crippen LogP contribution < -0.4 is 25.8 Å². The van der Waals surface area contributed by atoms with E-state index in [-0.39, 0.29) is 49.2 Å². The molecule has 7 rings (SSSR count). The number of hydrogen-bond donors (Lipinski definition) is 4. The van der Waals surface area contributed by atoms with E-state index in [0.29, 0.717) is 58.0 Å². The predicted molar refractivity (Wildman–Crippen MR) is 279 cm³/mol. The minimum Gasteiger partial charge on any atom is -0.480 e. The first kappa shape index (κ1) is 51.2. The number of ether oxygens (including phenoxy) is 1. The SMILES string of the molecule is CCC(Oc1ccc(C)cc1C)C(=O)Nc1ccccc1SC1C(=O)N(c2c(Cl)cc(Cl)cc2Cl)NC1=Nc1cc(NC(=O)CCCCCCCCCCC(=O)c2ccc3n[nH]nc3c2)ccc1Cl. The number of amidine groups is 1.